The average molecular weight is 286 g/mol. The third-order valence-electron chi connectivity index (χ3n) is 8.59. The molecule has 114 valence electrons. The van der Waals surface area contributed by atoms with E-state index >= 15 is 0 Å². The lowest BCUT2D eigenvalue weighted by molar-refractivity contribution is -0.156. The Morgan fingerprint density at radius 1 is 1.05 bits per heavy atom. The standard InChI is InChI=1S/C19H26O2/c1-18(14-5-11-4-12(7-14)8-15(18)6-11)19-3-2-13(9-19)16(10-19)17(20)21/h2-3,11-16H,4-10H2,1H3,(H,20,21). The number of hydrogen-bond donors (Lipinski definition) is 1. The van der Waals surface area contributed by atoms with Crippen LogP contribution in [0.5, 0.6) is 0 Å². The van der Waals surface area contributed by atoms with E-state index in [2.05, 4.69) is 19.1 Å². The molecule has 21 heavy (non-hydrogen) atoms. The van der Waals surface area contributed by atoms with E-state index in [9.17, 15) is 9.90 Å². The first-order valence-electron chi connectivity index (χ1n) is 8.94. The summed E-state index contributed by atoms with van der Waals surface area (Å²) in [5, 5.41) is 9.55. The fraction of sp³-hybridized carbons (Fsp3) is 0.842. The van der Waals surface area contributed by atoms with Crippen molar-refractivity contribution >= 4 is 5.97 Å². The van der Waals surface area contributed by atoms with E-state index < -0.39 is 5.97 Å². The van der Waals surface area contributed by atoms with Gasteiger partial charge >= 0.3 is 5.97 Å². The zero-order valence-corrected chi connectivity index (χ0v) is 12.9. The number of carboxylic acid groups (broad SMARTS) is 1. The second-order valence-corrected chi connectivity index (χ2v) is 9.12. The van der Waals surface area contributed by atoms with Crippen LogP contribution in [-0.2, 0) is 4.79 Å². The maximum Gasteiger partial charge on any atom is 0.307 e. The van der Waals surface area contributed by atoms with Crippen LogP contribution in [0.25, 0.3) is 0 Å². The van der Waals surface area contributed by atoms with Gasteiger partial charge in [0, 0.05) is 0 Å². The average Bonchev–Trinajstić information content (AvgIpc) is 3.03. The first-order chi connectivity index (χ1) is 10.0. The molecule has 5 saturated carbocycles. The minimum atomic E-state index is -0.557. The third-order valence-corrected chi connectivity index (χ3v) is 8.59. The molecule has 0 spiro atoms. The summed E-state index contributed by atoms with van der Waals surface area (Å²) in [6.07, 6.45) is 14.0. The molecule has 3 atom stereocenters. The minimum absolute atomic E-state index is 0.107. The van der Waals surface area contributed by atoms with Crippen molar-refractivity contribution in [1.29, 1.82) is 0 Å². The van der Waals surface area contributed by atoms with Gasteiger partial charge in [0.2, 0.25) is 0 Å². The van der Waals surface area contributed by atoms with E-state index in [1.54, 1.807) is 0 Å². The SMILES string of the molecule is CC1(C23C=CC(C2)C(C(=O)O)C3)C2CC3CC(C2)CC1C3. The van der Waals surface area contributed by atoms with E-state index in [-0.39, 0.29) is 11.3 Å². The highest BCUT2D eigenvalue weighted by Crippen LogP contribution is 2.73. The van der Waals surface area contributed by atoms with Crippen LogP contribution in [0.1, 0.15) is 51.9 Å². The summed E-state index contributed by atoms with van der Waals surface area (Å²) in [5.74, 6) is 3.37. The number of hydrogen-bond acceptors (Lipinski definition) is 1. The smallest absolute Gasteiger partial charge is 0.307 e. The number of rotatable bonds is 2. The number of fused-ring (bicyclic) bond motifs is 3. The monoisotopic (exact) mass is 286 g/mol. The quantitative estimate of drug-likeness (QED) is 0.775. The molecule has 0 saturated heterocycles. The summed E-state index contributed by atoms with van der Waals surface area (Å²) in [6, 6.07) is 0. The Balaban J connectivity index is 1.55. The Morgan fingerprint density at radius 3 is 2.19 bits per heavy atom. The van der Waals surface area contributed by atoms with Gasteiger partial charge in [-0.1, -0.05) is 19.1 Å². The predicted octanol–water partition coefficient (Wildman–Crippen LogP) is 4.12. The summed E-state index contributed by atoms with van der Waals surface area (Å²) in [5.41, 5.74) is 0.596. The summed E-state index contributed by atoms with van der Waals surface area (Å²) in [7, 11) is 0. The van der Waals surface area contributed by atoms with E-state index in [4.69, 9.17) is 0 Å². The van der Waals surface area contributed by atoms with Gasteiger partial charge in [-0.2, -0.15) is 0 Å². The lowest BCUT2D eigenvalue weighted by Gasteiger charge is -2.65. The van der Waals surface area contributed by atoms with Crippen LogP contribution < -0.4 is 0 Å². The lowest BCUT2D eigenvalue weighted by Crippen LogP contribution is -2.58. The molecule has 6 aliphatic carbocycles. The van der Waals surface area contributed by atoms with Gasteiger partial charge in [0.25, 0.3) is 0 Å². The number of allylic oxidation sites excluding steroid dienone is 2. The number of carboxylic acids is 1. The predicted molar refractivity (Wildman–Crippen MR) is 80.6 cm³/mol. The van der Waals surface area contributed by atoms with Gasteiger partial charge in [-0.05, 0) is 85.4 Å². The molecule has 6 bridgehead atoms. The van der Waals surface area contributed by atoms with Crippen LogP contribution in [0.2, 0.25) is 0 Å². The van der Waals surface area contributed by atoms with Gasteiger partial charge < -0.3 is 5.11 Å². The molecule has 6 aliphatic rings. The molecule has 0 radical (unpaired) electrons. The van der Waals surface area contributed by atoms with Crippen molar-refractivity contribution in [2.45, 2.75) is 51.9 Å². The maximum absolute atomic E-state index is 11.6. The summed E-state index contributed by atoms with van der Waals surface area (Å²) in [6.45, 7) is 2.55. The fourth-order valence-electron chi connectivity index (χ4n) is 7.70. The largest absolute Gasteiger partial charge is 0.481 e. The third kappa shape index (κ3) is 1.38. The lowest BCUT2D eigenvalue weighted by atomic mass is 9.39. The highest BCUT2D eigenvalue weighted by atomic mass is 16.4. The Hall–Kier alpha value is -0.790. The molecule has 1 N–H and O–H groups in total. The van der Waals surface area contributed by atoms with Crippen molar-refractivity contribution in [3.8, 4) is 0 Å². The fourth-order valence-corrected chi connectivity index (χ4v) is 7.70. The highest BCUT2D eigenvalue weighted by Gasteiger charge is 2.66. The van der Waals surface area contributed by atoms with Gasteiger partial charge in [-0.15, -0.1) is 0 Å². The normalized spacial score (nSPS) is 59.9. The van der Waals surface area contributed by atoms with Crippen LogP contribution in [0, 0.1) is 46.3 Å². The molecule has 0 aromatic carbocycles. The molecule has 6 rings (SSSR count). The van der Waals surface area contributed by atoms with Gasteiger partial charge in [-0.25, -0.2) is 0 Å². The molecule has 0 heterocycles. The van der Waals surface area contributed by atoms with Crippen molar-refractivity contribution < 1.29 is 9.90 Å². The topological polar surface area (TPSA) is 37.3 Å². The zero-order valence-electron chi connectivity index (χ0n) is 12.9. The Labute approximate surface area is 127 Å². The molecule has 0 amide bonds. The van der Waals surface area contributed by atoms with Crippen molar-refractivity contribution in [3.63, 3.8) is 0 Å². The van der Waals surface area contributed by atoms with Gasteiger partial charge in [-0.3, -0.25) is 4.79 Å². The van der Waals surface area contributed by atoms with Crippen molar-refractivity contribution in [2.75, 3.05) is 0 Å². The molecule has 2 heteroatoms. The molecular formula is C19H26O2. The maximum atomic E-state index is 11.6. The van der Waals surface area contributed by atoms with Gasteiger partial charge in [0.1, 0.15) is 0 Å². The summed E-state index contributed by atoms with van der Waals surface area (Å²) >= 11 is 0. The molecule has 3 unspecified atom stereocenters. The molecule has 0 aromatic heterocycles. The zero-order chi connectivity index (χ0) is 14.4. The molecule has 2 nitrogen and oxygen atoms in total. The van der Waals surface area contributed by atoms with Crippen molar-refractivity contribution in [3.05, 3.63) is 12.2 Å². The molecule has 0 aliphatic heterocycles. The Morgan fingerprint density at radius 2 is 1.67 bits per heavy atom. The number of carbonyl (C=O) groups is 1. The molecule has 5 fully saturated rings. The second kappa shape index (κ2) is 3.75. The summed E-state index contributed by atoms with van der Waals surface area (Å²) < 4.78 is 0. The van der Waals surface area contributed by atoms with E-state index in [1.165, 1.54) is 32.1 Å². The Kier molecular flexibility index (Phi) is 2.27. The van der Waals surface area contributed by atoms with Crippen LogP contribution in [-0.4, -0.2) is 11.1 Å². The minimum Gasteiger partial charge on any atom is -0.481 e. The molecular weight excluding hydrogens is 260 g/mol. The van der Waals surface area contributed by atoms with Gasteiger partial charge in [0.05, 0.1) is 5.92 Å². The van der Waals surface area contributed by atoms with Crippen LogP contribution in [0.4, 0.5) is 0 Å². The van der Waals surface area contributed by atoms with Crippen molar-refractivity contribution in [2.24, 2.45) is 46.3 Å². The first-order valence-corrected chi connectivity index (χ1v) is 8.94. The Bertz CT molecular complexity index is 506. The van der Waals surface area contributed by atoms with Crippen LogP contribution in [0.3, 0.4) is 0 Å². The van der Waals surface area contributed by atoms with Gasteiger partial charge in [0.15, 0.2) is 0 Å². The van der Waals surface area contributed by atoms with E-state index in [0.29, 0.717) is 11.3 Å². The highest BCUT2D eigenvalue weighted by molar-refractivity contribution is 5.72. The van der Waals surface area contributed by atoms with E-state index in [1.807, 2.05) is 0 Å². The number of aliphatic carboxylic acids is 1. The van der Waals surface area contributed by atoms with Crippen LogP contribution in [0.15, 0.2) is 12.2 Å². The van der Waals surface area contributed by atoms with Crippen LogP contribution >= 0.6 is 0 Å². The van der Waals surface area contributed by atoms with E-state index in [0.717, 1.165) is 36.5 Å². The van der Waals surface area contributed by atoms with Crippen molar-refractivity contribution in [1.82, 2.24) is 0 Å². The summed E-state index contributed by atoms with van der Waals surface area (Å²) in [4.78, 5) is 11.6. The first kappa shape index (κ1) is 12.7. The second-order valence-electron chi connectivity index (χ2n) is 9.12. The molecule has 0 aromatic rings.